The van der Waals surface area contributed by atoms with Crippen molar-refractivity contribution < 1.29 is 0 Å². The van der Waals surface area contributed by atoms with Gasteiger partial charge >= 0.3 is 0 Å². The van der Waals surface area contributed by atoms with Gasteiger partial charge in [-0.1, -0.05) is 6.42 Å². The van der Waals surface area contributed by atoms with E-state index in [0.717, 1.165) is 25.8 Å². The van der Waals surface area contributed by atoms with Crippen LogP contribution >= 0.6 is 0 Å². The van der Waals surface area contributed by atoms with Crippen molar-refractivity contribution in [2.75, 3.05) is 6.54 Å². The summed E-state index contributed by atoms with van der Waals surface area (Å²) in [6.07, 6.45) is 3.32. The van der Waals surface area contributed by atoms with Gasteiger partial charge in [-0.15, -0.1) is 0 Å². The van der Waals surface area contributed by atoms with E-state index < -0.39 is 0 Å². The molecule has 0 heterocycles. The molecule has 0 bridgehead atoms. The summed E-state index contributed by atoms with van der Waals surface area (Å²) < 4.78 is 0. The average molecular weight is 130 g/mol. The minimum Gasteiger partial charge on any atom is -0.330 e. The molecule has 2 nitrogen and oxygen atoms in total. The maximum atomic E-state index is 5.74. The third-order valence-corrected chi connectivity index (χ3v) is 1.28. The summed E-state index contributed by atoms with van der Waals surface area (Å²) in [6, 6.07) is 0. The second-order valence-corrected chi connectivity index (χ2v) is 3.23. The van der Waals surface area contributed by atoms with Gasteiger partial charge in [0, 0.05) is 5.54 Å². The quantitative estimate of drug-likeness (QED) is 0.554. The summed E-state index contributed by atoms with van der Waals surface area (Å²) in [5.74, 6) is 0. The van der Waals surface area contributed by atoms with E-state index in [9.17, 15) is 0 Å². The summed E-state index contributed by atoms with van der Waals surface area (Å²) in [5.41, 5.74) is 11.0. The fourth-order valence-electron chi connectivity index (χ4n) is 0.725. The molecule has 0 spiro atoms. The first-order valence-corrected chi connectivity index (χ1v) is 3.55. The first-order chi connectivity index (χ1) is 4.06. The normalized spacial score (nSPS) is 12.0. The maximum absolute atomic E-state index is 5.74. The molecule has 0 aromatic carbocycles. The van der Waals surface area contributed by atoms with Crippen molar-refractivity contribution in [3.63, 3.8) is 0 Å². The number of unbranched alkanes of at least 4 members (excludes halogenated alkanes) is 1. The Morgan fingerprint density at radius 1 is 1.22 bits per heavy atom. The minimum atomic E-state index is -0.00479. The van der Waals surface area contributed by atoms with Crippen LogP contribution in [0.3, 0.4) is 0 Å². The monoisotopic (exact) mass is 130 g/mol. The largest absolute Gasteiger partial charge is 0.330 e. The highest BCUT2D eigenvalue weighted by atomic mass is 14.7. The standard InChI is InChI=1S/C7H18N2/c1-7(2,9)5-3-4-6-8/h3-6,8-9H2,1-2H3. The Bertz CT molecular complexity index is 63.8. The first-order valence-electron chi connectivity index (χ1n) is 3.55. The molecule has 0 aromatic heterocycles. The molecule has 0 radical (unpaired) electrons. The fourth-order valence-corrected chi connectivity index (χ4v) is 0.725. The molecular weight excluding hydrogens is 112 g/mol. The highest BCUT2D eigenvalue weighted by molar-refractivity contribution is 4.70. The molecule has 0 saturated carbocycles. The fraction of sp³-hybridized carbons (Fsp3) is 1.00. The predicted molar refractivity (Wildman–Crippen MR) is 41.2 cm³/mol. The summed E-state index contributed by atoms with van der Waals surface area (Å²) in [4.78, 5) is 0. The van der Waals surface area contributed by atoms with Crippen molar-refractivity contribution in [3.05, 3.63) is 0 Å². The van der Waals surface area contributed by atoms with Crippen LogP contribution in [-0.2, 0) is 0 Å². The van der Waals surface area contributed by atoms with Crippen LogP contribution in [0.2, 0.25) is 0 Å². The zero-order chi connectivity index (χ0) is 7.33. The Hall–Kier alpha value is -0.0800. The summed E-state index contributed by atoms with van der Waals surface area (Å²) in [7, 11) is 0. The van der Waals surface area contributed by atoms with Gasteiger partial charge in [0.05, 0.1) is 0 Å². The molecule has 9 heavy (non-hydrogen) atoms. The number of nitrogens with two attached hydrogens (primary N) is 2. The molecule has 0 saturated heterocycles. The van der Waals surface area contributed by atoms with E-state index >= 15 is 0 Å². The van der Waals surface area contributed by atoms with Gasteiger partial charge in [0.25, 0.3) is 0 Å². The highest BCUT2D eigenvalue weighted by Gasteiger charge is 2.08. The van der Waals surface area contributed by atoms with Gasteiger partial charge in [-0.2, -0.15) is 0 Å². The molecule has 0 fully saturated rings. The smallest absolute Gasteiger partial charge is 0.00970 e. The van der Waals surface area contributed by atoms with Gasteiger partial charge in [0.1, 0.15) is 0 Å². The van der Waals surface area contributed by atoms with E-state index in [4.69, 9.17) is 11.5 Å². The second-order valence-electron chi connectivity index (χ2n) is 3.23. The van der Waals surface area contributed by atoms with Gasteiger partial charge in [0.15, 0.2) is 0 Å². The first kappa shape index (κ1) is 8.92. The third-order valence-electron chi connectivity index (χ3n) is 1.28. The number of rotatable bonds is 4. The Morgan fingerprint density at radius 2 is 1.78 bits per heavy atom. The van der Waals surface area contributed by atoms with Crippen LogP contribution in [0.4, 0.5) is 0 Å². The Balaban J connectivity index is 3.07. The highest BCUT2D eigenvalue weighted by Crippen LogP contribution is 2.07. The van der Waals surface area contributed by atoms with Crippen molar-refractivity contribution in [2.45, 2.75) is 38.6 Å². The number of hydrogen-bond donors (Lipinski definition) is 2. The van der Waals surface area contributed by atoms with Crippen LogP contribution in [0.1, 0.15) is 33.1 Å². The average Bonchev–Trinajstić information content (AvgIpc) is 1.63. The van der Waals surface area contributed by atoms with Crippen molar-refractivity contribution in [1.82, 2.24) is 0 Å². The molecule has 4 N–H and O–H groups in total. The van der Waals surface area contributed by atoms with Gasteiger partial charge in [-0.25, -0.2) is 0 Å². The van der Waals surface area contributed by atoms with Crippen molar-refractivity contribution in [3.8, 4) is 0 Å². The summed E-state index contributed by atoms with van der Waals surface area (Å²) >= 11 is 0. The lowest BCUT2D eigenvalue weighted by molar-refractivity contribution is 0.452. The van der Waals surface area contributed by atoms with E-state index in [1.165, 1.54) is 0 Å². The molecule has 2 heteroatoms. The van der Waals surface area contributed by atoms with Crippen LogP contribution in [-0.4, -0.2) is 12.1 Å². The van der Waals surface area contributed by atoms with E-state index in [2.05, 4.69) is 0 Å². The zero-order valence-corrected chi connectivity index (χ0v) is 6.48. The lowest BCUT2D eigenvalue weighted by Gasteiger charge is -2.17. The second kappa shape index (κ2) is 3.85. The molecule has 0 amide bonds. The molecule has 0 aliphatic carbocycles. The molecule has 0 unspecified atom stereocenters. The topological polar surface area (TPSA) is 52.0 Å². The van der Waals surface area contributed by atoms with Crippen LogP contribution in [0.15, 0.2) is 0 Å². The van der Waals surface area contributed by atoms with E-state index in [1.807, 2.05) is 13.8 Å². The Labute approximate surface area is 57.6 Å². The van der Waals surface area contributed by atoms with Gasteiger partial charge in [-0.3, -0.25) is 0 Å². The molecule has 56 valence electrons. The van der Waals surface area contributed by atoms with Gasteiger partial charge in [-0.05, 0) is 33.2 Å². The lowest BCUT2D eigenvalue weighted by atomic mass is 9.99. The summed E-state index contributed by atoms with van der Waals surface area (Å²) in [6.45, 7) is 4.88. The van der Waals surface area contributed by atoms with Crippen LogP contribution < -0.4 is 11.5 Å². The van der Waals surface area contributed by atoms with Crippen LogP contribution in [0, 0.1) is 0 Å². The van der Waals surface area contributed by atoms with Crippen LogP contribution in [0.25, 0.3) is 0 Å². The SMILES string of the molecule is CC(C)(N)CCCCN. The Morgan fingerprint density at radius 3 is 2.11 bits per heavy atom. The molecule has 0 atom stereocenters. The van der Waals surface area contributed by atoms with Crippen molar-refractivity contribution >= 4 is 0 Å². The molecule has 0 aliphatic heterocycles. The maximum Gasteiger partial charge on any atom is 0.00970 e. The van der Waals surface area contributed by atoms with Gasteiger partial charge < -0.3 is 11.5 Å². The van der Waals surface area contributed by atoms with Crippen molar-refractivity contribution in [2.24, 2.45) is 11.5 Å². The van der Waals surface area contributed by atoms with E-state index in [-0.39, 0.29) is 5.54 Å². The zero-order valence-electron chi connectivity index (χ0n) is 6.48. The van der Waals surface area contributed by atoms with E-state index in [0.29, 0.717) is 0 Å². The third kappa shape index (κ3) is 7.92. The molecule has 0 aromatic rings. The molecule has 0 rings (SSSR count). The predicted octanol–water partition coefficient (Wildman–Crippen LogP) is 0.853. The van der Waals surface area contributed by atoms with Gasteiger partial charge in [0.2, 0.25) is 0 Å². The molecular formula is C7H18N2. The van der Waals surface area contributed by atoms with Crippen LogP contribution in [0.5, 0.6) is 0 Å². The minimum absolute atomic E-state index is 0.00479. The van der Waals surface area contributed by atoms with E-state index in [1.54, 1.807) is 0 Å². The Kier molecular flexibility index (Phi) is 3.82. The van der Waals surface area contributed by atoms with Crippen molar-refractivity contribution in [1.29, 1.82) is 0 Å². The number of hydrogen-bond acceptors (Lipinski definition) is 2. The summed E-state index contributed by atoms with van der Waals surface area (Å²) in [5, 5.41) is 0. The molecule has 0 aliphatic rings. The lowest BCUT2D eigenvalue weighted by Crippen LogP contribution is -2.31.